The molecule has 0 spiro atoms. The molecule has 0 radical (unpaired) electrons. The molecule has 0 saturated carbocycles. The summed E-state index contributed by atoms with van der Waals surface area (Å²) in [6.45, 7) is 0. The van der Waals surface area contributed by atoms with Gasteiger partial charge in [0.15, 0.2) is 0 Å². The maximum Gasteiger partial charge on any atom is 0.285 e. The summed E-state index contributed by atoms with van der Waals surface area (Å²) in [5.41, 5.74) is 0. The first kappa shape index (κ1) is 20.3. The molecule has 0 atom stereocenters. The van der Waals surface area contributed by atoms with Gasteiger partial charge in [0.05, 0.1) is 0 Å². The predicted molar refractivity (Wildman–Crippen MR) is 72.9 cm³/mol. The predicted octanol–water partition coefficient (Wildman–Crippen LogP) is 1.86. The molecule has 1 heterocycles. The standard InChI is InChI=1S/C6H18N3OP.C5H5N.Mo/c1-7(2)11(10,8(3)4)9(5)6;1-2-4-6-5-3-1;/h1-6H3;1-5H;. The van der Waals surface area contributed by atoms with E-state index in [1.807, 2.05) is 60.5 Å². The van der Waals surface area contributed by atoms with E-state index in [-0.39, 0.29) is 21.1 Å². The second-order valence-electron chi connectivity index (χ2n) is 4.08. The molecular formula is C11H23MoN4OP. The van der Waals surface area contributed by atoms with Gasteiger partial charge in [0, 0.05) is 33.5 Å². The first-order valence-electron chi connectivity index (χ1n) is 5.32. The zero-order chi connectivity index (χ0) is 13.5. The van der Waals surface area contributed by atoms with Crippen LogP contribution in [0.4, 0.5) is 0 Å². The molecule has 18 heavy (non-hydrogen) atoms. The quantitative estimate of drug-likeness (QED) is 0.612. The van der Waals surface area contributed by atoms with Crippen molar-refractivity contribution < 1.29 is 25.6 Å². The van der Waals surface area contributed by atoms with Gasteiger partial charge in [-0.3, -0.25) is 9.55 Å². The zero-order valence-electron chi connectivity index (χ0n) is 11.9. The fourth-order valence-corrected chi connectivity index (χ4v) is 3.53. The van der Waals surface area contributed by atoms with Crippen molar-refractivity contribution in [3.05, 3.63) is 30.6 Å². The van der Waals surface area contributed by atoms with Gasteiger partial charge < -0.3 is 0 Å². The van der Waals surface area contributed by atoms with Crippen LogP contribution in [0.5, 0.6) is 0 Å². The van der Waals surface area contributed by atoms with Crippen LogP contribution in [-0.2, 0) is 25.6 Å². The smallest absolute Gasteiger partial charge is 0.270 e. The Morgan fingerprint density at radius 1 is 0.778 bits per heavy atom. The van der Waals surface area contributed by atoms with Crippen molar-refractivity contribution >= 4 is 7.59 Å². The minimum Gasteiger partial charge on any atom is -0.270 e. The van der Waals surface area contributed by atoms with Gasteiger partial charge in [-0.25, -0.2) is 14.0 Å². The summed E-state index contributed by atoms with van der Waals surface area (Å²) in [4.78, 5) is 3.78. The summed E-state index contributed by atoms with van der Waals surface area (Å²) in [5.74, 6) is 0. The van der Waals surface area contributed by atoms with Crippen molar-refractivity contribution in [2.45, 2.75) is 0 Å². The first-order valence-corrected chi connectivity index (χ1v) is 6.88. The van der Waals surface area contributed by atoms with Gasteiger partial charge in [-0.1, -0.05) is 6.07 Å². The van der Waals surface area contributed by atoms with E-state index in [0.717, 1.165) is 0 Å². The molecule has 7 heteroatoms. The van der Waals surface area contributed by atoms with E-state index in [0.29, 0.717) is 0 Å². The van der Waals surface area contributed by atoms with Crippen molar-refractivity contribution in [3.63, 3.8) is 0 Å². The molecule has 0 unspecified atom stereocenters. The maximum atomic E-state index is 12.1. The van der Waals surface area contributed by atoms with E-state index < -0.39 is 7.59 Å². The van der Waals surface area contributed by atoms with Crippen molar-refractivity contribution in [2.24, 2.45) is 0 Å². The van der Waals surface area contributed by atoms with E-state index >= 15 is 0 Å². The molecule has 0 saturated heterocycles. The van der Waals surface area contributed by atoms with Crippen molar-refractivity contribution in [1.29, 1.82) is 0 Å². The summed E-state index contributed by atoms with van der Waals surface area (Å²) in [6.07, 6.45) is 3.50. The molecular weight excluding hydrogens is 331 g/mol. The summed E-state index contributed by atoms with van der Waals surface area (Å²) in [5, 5.41) is 0. The van der Waals surface area contributed by atoms with Crippen molar-refractivity contribution in [2.75, 3.05) is 42.3 Å². The molecule has 0 N–H and O–H groups in total. The molecule has 1 rings (SSSR count). The molecule has 5 nitrogen and oxygen atoms in total. The van der Waals surface area contributed by atoms with Crippen molar-refractivity contribution in [1.82, 2.24) is 19.0 Å². The van der Waals surface area contributed by atoms with Crippen LogP contribution in [0.3, 0.4) is 0 Å². The molecule has 0 amide bonds. The van der Waals surface area contributed by atoms with Crippen LogP contribution in [-0.4, -0.2) is 61.3 Å². The fraction of sp³-hybridized carbons (Fsp3) is 0.545. The third-order valence-electron chi connectivity index (χ3n) is 2.13. The molecule has 0 fully saturated rings. The average Bonchev–Trinajstić information content (AvgIpc) is 2.30. The maximum absolute atomic E-state index is 12.1. The topological polar surface area (TPSA) is 39.7 Å². The number of pyridine rings is 1. The number of hydrogen-bond acceptors (Lipinski definition) is 2. The van der Waals surface area contributed by atoms with E-state index in [4.69, 9.17) is 0 Å². The number of nitrogens with zero attached hydrogens (tertiary/aromatic N) is 4. The molecule has 1 aromatic rings. The number of aromatic nitrogens is 1. The van der Waals surface area contributed by atoms with E-state index in [2.05, 4.69) is 4.98 Å². The molecule has 0 aromatic carbocycles. The third-order valence-corrected chi connectivity index (χ3v) is 5.26. The van der Waals surface area contributed by atoms with E-state index in [1.54, 1.807) is 26.4 Å². The number of hydrogen-bond donors (Lipinski definition) is 0. The number of rotatable bonds is 3. The molecule has 104 valence electrons. The van der Waals surface area contributed by atoms with Crippen LogP contribution < -0.4 is 0 Å². The fourth-order valence-electron chi connectivity index (χ4n) is 1.39. The van der Waals surface area contributed by atoms with Crippen molar-refractivity contribution in [3.8, 4) is 0 Å². The van der Waals surface area contributed by atoms with Gasteiger partial charge in [-0.05, 0) is 54.4 Å². The van der Waals surface area contributed by atoms with Gasteiger partial charge >= 0.3 is 0 Å². The Labute approximate surface area is 125 Å². The average molecular weight is 354 g/mol. The minimum absolute atomic E-state index is 0. The summed E-state index contributed by atoms with van der Waals surface area (Å²) < 4.78 is 17.3. The Bertz CT molecular complexity index is 291. The van der Waals surface area contributed by atoms with Gasteiger partial charge in [0.1, 0.15) is 0 Å². The second-order valence-corrected chi connectivity index (χ2v) is 7.51. The third kappa shape index (κ3) is 6.21. The summed E-state index contributed by atoms with van der Waals surface area (Å²) in [6, 6.07) is 5.72. The normalized spacial score (nSPS) is 10.9. The molecule has 0 bridgehead atoms. The molecule has 0 aliphatic carbocycles. The summed E-state index contributed by atoms with van der Waals surface area (Å²) >= 11 is 0. The first-order chi connectivity index (χ1) is 7.83. The Balaban J connectivity index is 0. The van der Waals surface area contributed by atoms with Crippen LogP contribution in [0.25, 0.3) is 0 Å². The minimum atomic E-state index is -2.44. The molecule has 0 aliphatic heterocycles. The SMILES string of the molecule is CN(C)P(=O)(N(C)C)N(C)C.[Mo].c1ccncc1. The Morgan fingerprint density at radius 3 is 1.17 bits per heavy atom. The zero-order valence-corrected chi connectivity index (χ0v) is 14.8. The van der Waals surface area contributed by atoms with Crippen LogP contribution >= 0.6 is 7.59 Å². The Hall–Kier alpha value is -0.0517. The van der Waals surface area contributed by atoms with Crippen LogP contribution in [0.1, 0.15) is 0 Å². The Morgan fingerprint density at radius 2 is 1.11 bits per heavy atom. The Kier molecular flexibility index (Phi) is 11.1. The van der Waals surface area contributed by atoms with Crippen LogP contribution in [0.2, 0.25) is 0 Å². The van der Waals surface area contributed by atoms with E-state index in [9.17, 15) is 4.57 Å². The van der Waals surface area contributed by atoms with Crippen LogP contribution in [0, 0.1) is 0 Å². The van der Waals surface area contributed by atoms with Gasteiger partial charge in [-0.2, -0.15) is 0 Å². The van der Waals surface area contributed by atoms with Gasteiger partial charge in [0.2, 0.25) is 0 Å². The molecule has 0 aliphatic rings. The van der Waals surface area contributed by atoms with Crippen LogP contribution in [0.15, 0.2) is 30.6 Å². The van der Waals surface area contributed by atoms with E-state index in [1.165, 1.54) is 0 Å². The van der Waals surface area contributed by atoms with Gasteiger partial charge in [-0.15, -0.1) is 0 Å². The summed E-state index contributed by atoms with van der Waals surface area (Å²) in [7, 11) is 8.49. The van der Waals surface area contributed by atoms with Gasteiger partial charge in [0.25, 0.3) is 7.59 Å². The largest absolute Gasteiger partial charge is 0.285 e. The molecule has 1 aromatic heterocycles. The monoisotopic (exact) mass is 356 g/mol. The second kappa shape index (κ2) is 9.82.